The van der Waals surface area contributed by atoms with Gasteiger partial charge < -0.3 is 5.32 Å². The molecular formula is C14H24N4O2S. The molecule has 0 aromatic carbocycles. The van der Waals surface area contributed by atoms with Gasteiger partial charge in [0, 0.05) is 43.2 Å². The van der Waals surface area contributed by atoms with Crippen LogP contribution in [0.25, 0.3) is 0 Å². The highest BCUT2D eigenvalue weighted by Gasteiger charge is 2.34. The molecule has 0 bridgehead atoms. The SMILES string of the molecule is CCS(=O)(=O)N1CC(CNc2cc(C)nc(C(C)C)n2)C1. The van der Waals surface area contributed by atoms with Crippen LogP contribution in [0, 0.1) is 12.8 Å². The number of rotatable bonds is 6. The fourth-order valence-corrected chi connectivity index (χ4v) is 3.49. The molecular weight excluding hydrogens is 288 g/mol. The summed E-state index contributed by atoms with van der Waals surface area (Å²) in [5.41, 5.74) is 0.944. The first-order valence-electron chi connectivity index (χ1n) is 7.39. The van der Waals surface area contributed by atoms with Crippen molar-refractivity contribution in [2.24, 2.45) is 5.92 Å². The molecule has 0 aliphatic carbocycles. The molecule has 0 amide bonds. The number of aryl methyl sites for hydroxylation is 1. The number of nitrogens with zero attached hydrogens (tertiary/aromatic N) is 3. The zero-order chi connectivity index (χ0) is 15.6. The maximum atomic E-state index is 11.7. The molecule has 1 aliphatic rings. The third-order valence-electron chi connectivity index (χ3n) is 3.64. The van der Waals surface area contributed by atoms with Gasteiger partial charge in [-0.2, -0.15) is 0 Å². The summed E-state index contributed by atoms with van der Waals surface area (Å²) < 4.78 is 24.8. The smallest absolute Gasteiger partial charge is 0.213 e. The average Bonchev–Trinajstić information content (AvgIpc) is 2.36. The summed E-state index contributed by atoms with van der Waals surface area (Å²) in [6, 6.07) is 1.92. The highest BCUT2D eigenvalue weighted by Crippen LogP contribution is 2.21. The van der Waals surface area contributed by atoms with Crippen molar-refractivity contribution in [3.63, 3.8) is 0 Å². The Labute approximate surface area is 127 Å². The molecule has 0 radical (unpaired) electrons. The van der Waals surface area contributed by atoms with E-state index in [2.05, 4.69) is 29.1 Å². The molecule has 7 heteroatoms. The Balaban J connectivity index is 1.88. The number of aromatic nitrogens is 2. The van der Waals surface area contributed by atoms with E-state index in [1.165, 1.54) is 0 Å². The number of hydrogen-bond acceptors (Lipinski definition) is 5. The Morgan fingerprint density at radius 3 is 2.62 bits per heavy atom. The lowest BCUT2D eigenvalue weighted by molar-refractivity contribution is 0.212. The number of sulfonamides is 1. The maximum Gasteiger partial charge on any atom is 0.213 e. The molecule has 0 spiro atoms. The van der Waals surface area contributed by atoms with E-state index in [1.54, 1.807) is 11.2 Å². The third-order valence-corrected chi connectivity index (χ3v) is 5.46. The van der Waals surface area contributed by atoms with E-state index in [4.69, 9.17) is 0 Å². The van der Waals surface area contributed by atoms with Gasteiger partial charge in [0.25, 0.3) is 0 Å². The normalized spacial score (nSPS) is 17.0. The molecule has 1 aromatic rings. The molecule has 1 saturated heterocycles. The van der Waals surface area contributed by atoms with Crippen LogP contribution in [-0.4, -0.2) is 48.1 Å². The van der Waals surface area contributed by atoms with Crippen LogP contribution in [0.15, 0.2) is 6.07 Å². The van der Waals surface area contributed by atoms with E-state index >= 15 is 0 Å². The maximum absolute atomic E-state index is 11.7. The Bertz CT molecular complexity index is 595. The molecule has 1 aromatic heterocycles. The van der Waals surface area contributed by atoms with Gasteiger partial charge in [-0.3, -0.25) is 0 Å². The lowest BCUT2D eigenvalue weighted by Crippen LogP contribution is -2.52. The van der Waals surface area contributed by atoms with Gasteiger partial charge in [-0.1, -0.05) is 13.8 Å². The standard InChI is InChI=1S/C14H24N4O2S/c1-5-21(19,20)18-8-12(9-18)7-15-13-6-11(4)16-14(17-13)10(2)3/h6,10,12H,5,7-9H2,1-4H3,(H,15,16,17). The van der Waals surface area contributed by atoms with Gasteiger partial charge in [0.2, 0.25) is 10.0 Å². The van der Waals surface area contributed by atoms with E-state index in [-0.39, 0.29) is 5.75 Å². The molecule has 1 N–H and O–H groups in total. The van der Waals surface area contributed by atoms with Gasteiger partial charge in [0.1, 0.15) is 11.6 Å². The minimum absolute atomic E-state index is 0.177. The molecule has 1 aliphatic heterocycles. The molecule has 0 saturated carbocycles. The van der Waals surface area contributed by atoms with Gasteiger partial charge >= 0.3 is 0 Å². The molecule has 2 heterocycles. The zero-order valence-corrected chi connectivity index (χ0v) is 13.9. The molecule has 2 rings (SSSR count). The Kier molecular flexibility index (Phi) is 4.83. The third kappa shape index (κ3) is 3.91. The van der Waals surface area contributed by atoms with E-state index in [0.29, 0.717) is 24.9 Å². The van der Waals surface area contributed by atoms with Crippen LogP contribution in [0.2, 0.25) is 0 Å². The van der Waals surface area contributed by atoms with Crippen LogP contribution in [0.4, 0.5) is 5.82 Å². The second-order valence-electron chi connectivity index (χ2n) is 5.87. The largest absolute Gasteiger partial charge is 0.370 e. The van der Waals surface area contributed by atoms with Gasteiger partial charge in [0.05, 0.1) is 5.75 Å². The molecule has 6 nitrogen and oxygen atoms in total. The van der Waals surface area contributed by atoms with Crippen molar-refractivity contribution < 1.29 is 8.42 Å². The monoisotopic (exact) mass is 312 g/mol. The summed E-state index contributed by atoms with van der Waals surface area (Å²) in [5, 5.41) is 3.30. The van der Waals surface area contributed by atoms with Crippen LogP contribution in [0.3, 0.4) is 0 Å². The first-order valence-corrected chi connectivity index (χ1v) is 9.00. The minimum Gasteiger partial charge on any atom is -0.370 e. The first-order chi connectivity index (χ1) is 9.81. The van der Waals surface area contributed by atoms with Crippen molar-refractivity contribution in [1.82, 2.24) is 14.3 Å². The highest BCUT2D eigenvalue weighted by atomic mass is 32.2. The van der Waals surface area contributed by atoms with E-state index in [1.807, 2.05) is 13.0 Å². The van der Waals surface area contributed by atoms with Gasteiger partial charge in [-0.15, -0.1) is 0 Å². The lowest BCUT2D eigenvalue weighted by Gasteiger charge is -2.38. The van der Waals surface area contributed by atoms with Crippen LogP contribution in [0.1, 0.15) is 38.2 Å². The molecule has 21 heavy (non-hydrogen) atoms. The Morgan fingerprint density at radius 1 is 1.38 bits per heavy atom. The zero-order valence-electron chi connectivity index (χ0n) is 13.1. The number of anilines is 1. The van der Waals surface area contributed by atoms with Crippen LogP contribution >= 0.6 is 0 Å². The molecule has 0 unspecified atom stereocenters. The fourth-order valence-electron chi connectivity index (χ4n) is 2.25. The average molecular weight is 312 g/mol. The van der Waals surface area contributed by atoms with Crippen LogP contribution in [-0.2, 0) is 10.0 Å². The van der Waals surface area contributed by atoms with Gasteiger partial charge in [0.15, 0.2) is 0 Å². The van der Waals surface area contributed by atoms with Gasteiger partial charge in [-0.05, 0) is 13.8 Å². The molecule has 0 atom stereocenters. The van der Waals surface area contributed by atoms with Crippen molar-refractivity contribution in [2.45, 2.75) is 33.6 Å². The summed E-state index contributed by atoms with van der Waals surface area (Å²) >= 11 is 0. The quantitative estimate of drug-likeness (QED) is 0.863. The van der Waals surface area contributed by atoms with Crippen molar-refractivity contribution in [2.75, 3.05) is 30.7 Å². The lowest BCUT2D eigenvalue weighted by atomic mass is 10.0. The summed E-state index contributed by atoms with van der Waals surface area (Å²) in [4.78, 5) is 8.90. The topological polar surface area (TPSA) is 75.2 Å². The second kappa shape index (κ2) is 6.27. The Morgan fingerprint density at radius 2 is 2.05 bits per heavy atom. The van der Waals surface area contributed by atoms with Crippen molar-refractivity contribution in [3.8, 4) is 0 Å². The minimum atomic E-state index is -3.02. The van der Waals surface area contributed by atoms with Crippen molar-refractivity contribution >= 4 is 15.8 Å². The van der Waals surface area contributed by atoms with E-state index in [9.17, 15) is 8.42 Å². The van der Waals surface area contributed by atoms with Crippen LogP contribution < -0.4 is 5.32 Å². The number of nitrogens with one attached hydrogen (secondary N) is 1. The summed E-state index contributed by atoms with van der Waals surface area (Å²) in [7, 11) is -3.02. The van der Waals surface area contributed by atoms with Crippen molar-refractivity contribution in [1.29, 1.82) is 0 Å². The fraction of sp³-hybridized carbons (Fsp3) is 0.714. The Hall–Kier alpha value is -1.21. The predicted molar refractivity (Wildman–Crippen MR) is 83.9 cm³/mol. The molecule has 118 valence electrons. The number of hydrogen-bond donors (Lipinski definition) is 1. The summed E-state index contributed by atoms with van der Waals surface area (Å²) in [5.74, 6) is 2.48. The highest BCUT2D eigenvalue weighted by molar-refractivity contribution is 7.89. The first kappa shape index (κ1) is 16.2. The predicted octanol–water partition coefficient (Wildman–Crippen LogP) is 1.60. The van der Waals surface area contributed by atoms with Gasteiger partial charge in [-0.25, -0.2) is 22.7 Å². The van der Waals surface area contributed by atoms with Crippen molar-refractivity contribution in [3.05, 3.63) is 17.6 Å². The second-order valence-corrected chi connectivity index (χ2v) is 8.13. The van der Waals surface area contributed by atoms with E-state index < -0.39 is 10.0 Å². The van der Waals surface area contributed by atoms with E-state index in [0.717, 1.165) is 23.9 Å². The summed E-state index contributed by atoms with van der Waals surface area (Å²) in [6.45, 7) is 9.71. The molecule has 1 fully saturated rings. The summed E-state index contributed by atoms with van der Waals surface area (Å²) in [6.07, 6.45) is 0. The van der Waals surface area contributed by atoms with Crippen LogP contribution in [0.5, 0.6) is 0 Å².